The van der Waals surface area contributed by atoms with Crippen LogP contribution in [0.3, 0.4) is 0 Å². The molecule has 1 amide bonds. The number of carbonyl (C=O) groups is 1. The number of benzene rings is 1. The third-order valence-electron chi connectivity index (χ3n) is 3.14. The Morgan fingerprint density at radius 1 is 1.19 bits per heavy atom. The number of anilines is 1. The molecule has 0 atom stereocenters. The van der Waals surface area contributed by atoms with Gasteiger partial charge in [-0.3, -0.25) is 4.79 Å². The number of carbonyl (C=O) groups excluding carboxylic acids is 1. The molecule has 1 aromatic carbocycles. The fourth-order valence-corrected chi connectivity index (χ4v) is 2.43. The van der Waals surface area contributed by atoms with Crippen molar-refractivity contribution in [1.82, 2.24) is 4.98 Å². The Labute approximate surface area is 133 Å². The van der Waals surface area contributed by atoms with E-state index in [2.05, 4.69) is 10.3 Å². The van der Waals surface area contributed by atoms with E-state index in [0.717, 1.165) is 11.1 Å². The van der Waals surface area contributed by atoms with E-state index in [-0.39, 0.29) is 21.8 Å². The van der Waals surface area contributed by atoms with E-state index in [0.29, 0.717) is 11.4 Å². The van der Waals surface area contributed by atoms with Crippen molar-refractivity contribution < 1.29 is 9.53 Å². The summed E-state index contributed by atoms with van der Waals surface area (Å²) < 4.78 is 5.26. The van der Waals surface area contributed by atoms with E-state index < -0.39 is 0 Å². The molecule has 0 aliphatic heterocycles. The molecule has 21 heavy (non-hydrogen) atoms. The molecule has 0 radical (unpaired) electrons. The number of amides is 1. The highest BCUT2D eigenvalue weighted by molar-refractivity contribution is 6.35. The highest BCUT2D eigenvalue weighted by Crippen LogP contribution is 2.29. The molecule has 2 aromatic rings. The zero-order valence-electron chi connectivity index (χ0n) is 11.8. The van der Waals surface area contributed by atoms with Crippen LogP contribution in [0.5, 0.6) is 5.75 Å². The number of nitrogens with zero attached hydrogens (tertiary/aromatic N) is 1. The summed E-state index contributed by atoms with van der Waals surface area (Å²) in [5.74, 6) is 0.361. The van der Waals surface area contributed by atoms with Crippen LogP contribution < -0.4 is 10.1 Å². The van der Waals surface area contributed by atoms with Crippen molar-refractivity contribution in [2.75, 3.05) is 12.4 Å². The number of rotatable bonds is 3. The molecule has 0 aliphatic carbocycles. The van der Waals surface area contributed by atoms with E-state index in [4.69, 9.17) is 27.9 Å². The summed E-state index contributed by atoms with van der Waals surface area (Å²) in [7, 11) is 1.59. The fourth-order valence-electron chi connectivity index (χ4n) is 2.00. The molecule has 6 heteroatoms. The van der Waals surface area contributed by atoms with Gasteiger partial charge in [-0.05, 0) is 37.6 Å². The van der Waals surface area contributed by atoms with Gasteiger partial charge >= 0.3 is 0 Å². The molecule has 0 saturated heterocycles. The van der Waals surface area contributed by atoms with Crippen molar-refractivity contribution in [1.29, 1.82) is 0 Å². The van der Waals surface area contributed by atoms with Crippen LogP contribution in [0.4, 0.5) is 5.69 Å². The van der Waals surface area contributed by atoms with Gasteiger partial charge in [0.25, 0.3) is 5.91 Å². The van der Waals surface area contributed by atoms with Gasteiger partial charge in [-0.15, -0.1) is 0 Å². The molecule has 4 nitrogen and oxygen atoms in total. The molecule has 0 unspecified atom stereocenters. The Morgan fingerprint density at radius 3 is 2.52 bits per heavy atom. The first kappa shape index (κ1) is 15.6. The number of methoxy groups -OCH3 is 1. The second-order valence-electron chi connectivity index (χ2n) is 4.51. The SMILES string of the molecule is COc1ccc(C)c(NC(=O)c2ccc(Cl)nc2Cl)c1C. The molecule has 0 fully saturated rings. The van der Waals surface area contributed by atoms with Gasteiger partial charge in [-0.25, -0.2) is 4.98 Å². The predicted octanol–water partition coefficient (Wildman–Crippen LogP) is 4.27. The quantitative estimate of drug-likeness (QED) is 0.858. The summed E-state index contributed by atoms with van der Waals surface area (Å²) in [6.45, 7) is 3.78. The summed E-state index contributed by atoms with van der Waals surface area (Å²) >= 11 is 11.7. The van der Waals surface area contributed by atoms with Gasteiger partial charge in [0.05, 0.1) is 18.4 Å². The molecular weight excluding hydrogens is 311 g/mol. The van der Waals surface area contributed by atoms with Crippen LogP contribution >= 0.6 is 23.2 Å². The zero-order chi connectivity index (χ0) is 15.6. The van der Waals surface area contributed by atoms with Gasteiger partial charge in [0.2, 0.25) is 0 Å². The minimum absolute atomic E-state index is 0.0678. The molecule has 1 N–H and O–H groups in total. The topological polar surface area (TPSA) is 51.2 Å². The zero-order valence-corrected chi connectivity index (χ0v) is 13.3. The standard InChI is InChI=1S/C15H14Cl2N2O2/c1-8-4-6-11(21-3)9(2)13(8)19-15(20)10-5-7-12(16)18-14(10)17/h4-7H,1-3H3,(H,19,20). The molecule has 0 saturated carbocycles. The second kappa shape index (κ2) is 6.33. The number of aromatic nitrogens is 1. The highest BCUT2D eigenvalue weighted by atomic mass is 35.5. The van der Waals surface area contributed by atoms with Crippen LogP contribution in [0.2, 0.25) is 10.3 Å². The number of pyridine rings is 1. The Kier molecular flexibility index (Phi) is 4.70. The lowest BCUT2D eigenvalue weighted by Crippen LogP contribution is -2.15. The first-order chi connectivity index (χ1) is 9.93. The van der Waals surface area contributed by atoms with Crippen LogP contribution in [-0.2, 0) is 0 Å². The van der Waals surface area contributed by atoms with Crippen LogP contribution in [0.15, 0.2) is 24.3 Å². The maximum absolute atomic E-state index is 12.3. The van der Waals surface area contributed by atoms with Gasteiger partial charge in [-0.2, -0.15) is 0 Å². The van der Waals surface area contributed by atoms with E-state index in [1.165, 1.54) is 12.1 Å². The van der Waals surface area contributed by atoms with E-state index >= 15 is 0 Å². The highest BCUT2D eigenvalue weighted by Gasteiger charge is 2.15. The molecule has 1 aromatic heterocycles. The molecule has 0 aliphatic rings. The maximum atomic E-state index is 12.3. The smallest absolute Gasteiger partial charge is 0.258 e. The third-order valence-corrected chi connectivity index (χ3v) is 3.64. The first-order valence-corrected chi connectivity index (χ1v) is 6.97. The van der Waals surface area contributed by atoms with E-state index in [1.54, 1.807) is 7.11 Å². The Balaban J connectivity index is 2.36. The van der Waals surface area contributed by atoms with Crippen molar-refractivity contribution in [3.63, 3.8) is 0 Å². The maximum Gasteiger partial charge on any atom is 0.258 e. The third kappa shape index (κ3) is 3.28. The molecule has 0 bridgehead atoms. The minimum Gasteiger partial charge on any atom is -0.496 e. The summed E-state index contributed by atoms with van der Waals surface area (Å²) in [6.07, 6.45) is 0. The predicted molar refractivity (Wildman–Crippen MR) is 84.7 cm³/mol. The van der Waals surface area contributed by atoms with Crippen molar-refractivity contribution in [3.05, 3.63) is 51.3 Å². The van der Waals surface area contributed by atoms with Gasteiger partial charge in [-0.1, -0.05) is 29.3 Å². The van der Waals surface area contributed by atoms with E-state index in [1.807, 2.05) is 26.0 Å². The lowest BCUT2D eigenvalue weighted by Gasteiger charge is -2.15. The monoisotopic (exact) mass is 324 g/mol. The minimum atomic E-state index is -0.344. The van der Waals surface area contributed by atoms with Crippen LogP contribution in [-0.4, -0.2) is 18.0 Å². The number of aryl methyl sites for hydroxylation is 1. The average molecular weight is 325 g/mol. The number of ether oxygens (including phenoxy) is 1. The summed E-state index contributed by atoms with van der Waals surface area (Å²) in [5, 5.41) is 3.15. The number of nitrogens with one attached hydrogen (secondary N) is 1. The lowest BCUT2D eigenvalue weighted by atomic mass is 10.1. The van der Waals surface area contributed by atoms with Crippen LogP contribution in [0.1, 0.15) is 21.5 Å². The average Bonchev–Trinajstić information content (AvgIpc) is 2.43. The van der Waals surface area contributed by atoms with Crippen LogP contribution in [0, 0.1) is 13.8 Å². The molecule has 110 valence electrons. The van der Waals surface area contributed by atoms with Crippen molar-refractivity contribution in [3.8, 4) is 5.75 Å². The van der Waals surface area contributed by atoms with Crippen molar-refractivity contribution in [2.45, 2.75) is 13.8 Å². The normalized spacial score (nSPS) is 10.3. The van der Waals surface area contributed by atoms with Crippen molar-refractivity contribution in [2.24, 2.45) is 0 Å². The summed E-state index contributed by atoms with van der Waals surface area (Å²) in [4.78, 5) is 16.2. The second-order valence-corrected chi connectivity index (χ2v) is 5.26. The molecule has 2 rings (SSSR count). The van der Waals surface area contributed by atoms with Gasteiger partial charge < -0.3 is 10.1 Å². The van der Waals surface area contributed by atoms with Gasteiger partial charge in [0.15, 0.2) is 0 Å². The largest absolute Gasteiger partial charge is 0.496 e. The van der Waals surface area contributed by atoms with Gasteiger partial charge in [0.1, 0.15) is 16.1 Å². The number of halogens is 2. The lowest BCUT2D eigenvalue weighted by molar-refractivity contribution is 0.102. The Bertz CT molecular complexity index is 702. The Morgan fingerprint density at radius 2 is 1.90 bits per heavy atom. The molecule has 1 heterocycles. The van der Waals surface area contributed by atoms with Gasteiger partial charge in [0, 0.05) is 5.56 Å². The van der Waals surface area contributed by atoms with Crippen molar-refractivity contribution >= 4 is 34.8 Å². The summed E-state index contributed by atoms with van der Waals surface area (Å²) in [5.41, 5.74) is 2.75. The van der Waals surface area contributed by atoms with Crippen LogP contribution in [0.25, 0.3) is 0 Å². The molecular formula is C15H14Cl2N2O2. The summed E-state index contributed by atoms with van der Waals surface area (Å²) in [6, 6.07) is 6.80. The Hall–Kier alpha value is -1.78. The number of hydrogen-bond donors (Lipinski definition) is 1. The molecule has 0 spiro atoms. The van der Waals surface area contributed by atoms with E-state index in [9.17, 15) is 4.79 Å². The number of hydrogen-bond acceptors (Lipinski definition) is 3. The first-order valence-electron chi connectivity index (χ1n) is 6.21. The fraction of sp³-hybridized carbons (Fsp3) is 0.200.